The smallest absolute Gasteiger partial charge is 0.193 e. The predicted molar refractivity (Wildman–Crippen MR) is 63.8 cm³/mol. The molecule has 2 aliphatic rings. The van der Waals surface area contributed by atoms with Gasteiger partial charge in [-0.05, 0) is 42.2 Å². The van der Waals surface area contributed by atoms with E-state index in [0.29, 0.717) is 0 Å². The molecular formula is C13H9BrO. The summed E-state index contributed by atoms with van der Waals surface area (Å²) in [4.78, 5) is 12.0. The third-order valence-corrected chi connectivity index (χ3v) is 3.46. The van der Waals surface area contributed by atoms with Gasteiger partial charge in [-0.3, -0.25) is 4.79 Å². The van der Waals surface area contributed by atoms with Gasteiger partial charge in [-0.2, -0.15) is 0 Å². The predicted octanol–water partition coefficient (Wildman–Crippen LogP) is 3.75. The SMILES string of the molecule is O=C1C2=C(CCC=C2)c2cc(Br)ccc21. The highest BCUT2D eigenvalue weighted by Crippen LogP contribution is 2.39. The van der Waals surface area contributed by atoms with Crippen molar-refractivity contribution in [3.63, 3.8) is 0 Å². The van der Waals surface area contributed by atoms with E-state index in [2.05, 4.69) is 28.1 Å². The molecule has 74 valence electrons. The molecule has 0 saturated heterocycles. The van der Waals surface area contributed by atoms with Gasteiger partial charge in [0.25, 0.3) is 0 Å². The van der Waals surface area contributed by atoms with Crippen molar-refractivity contribution in [2.24, 2.45) is 0 Å². The van der Waals surface area contributed by atoms with Gasteiger partial charge in [-0.1, -0.05) is 28.1 Å². The number of benzene rings is 1. The van der Waals surface area contributed by atoms with Crippen LogP contribution in [-0.4, -0.2) is 5.78 Å². The van der Waals surface area contributed by atoms with Crippen LogP contribution in [0.15, 0.2) is 40.4 Å². The summed E-state index contributed by atoms with van der Waals surface area (Å²) in [7, 11) is 0. The summed E-state index contributed by atoms with van der Waals surface area (Å²) >= 11 is 3.45. The first-order chi connectivity index (χ1) is 7.27. The quantitative estimate of drug-likeness (QED) is 0.695. The van der Waals surface area contributed by atoms with E-state index in [4.69, 9.17) is 0 Å². The Morgan fingerprint density at radius 3 is 2.93 bits per heavy atom. The second-order valence-electron chi connectivity index (χ2n) is 3.85. The van der Waals surface area contributed by atoms with Gasteiger partial charge in [0.05, 0.1) is 0 Å². The van der Waals surface area contributed by atoms with Crippen LogP contribution in [0.25, 0.3) is 5.57 Å². The van der Waals surface area contributed by atoms with Crippen molar-refractivity contribution < 1.29 is 4.79 Å². The van der Waals surface area contributed by atoms with E-state index in [1.54, 1.807) is 0 Å². The molecule has 15 heavy (non-hydrogen) atoms. The minimum Gasteiger partial charge on any atom is -0.289 e. The van der Waals surface area contributed by atoms with Crippen molar-refractivity contribution in [3.8, 4) is 0 Å². The maximum Gasteiger partial charge on any atom is 0.193 e. The lowest BCUT2D eigenvalue weighted by Crippen LogP contribution is -1.97. The van der Waals surface area contributed by atoms with Crippen LogP contribution in [-0.2, 0) is 0 Å². The van der Waals surface area contributed by atoms with E-state index in [-0.39, 0.29) is 5.78 Å². The fourth-order valence-electron chi connectivity index (χ4n) is 2.27. The second-order valence-corrected chi connectivity index (χ2v) is 4.77. The van der Waals surface area contributed by atoms with E-state index in [0.717, 1.165) is 34.0 Å². The molecule has 1 nitrogen and oxygen atoms in total. The van der Waals surface area contributed by atoms with Crippen LogP contribution in [0.5, 0.6) is 0 Å². The largest absolute Gasteiger partial charge is 0.289 e. The lowest BCUT2D eigenvalue weighted by Gasteiger charge is -2.07. The van der Waals surface area contributed by atoms with Crippen molar-refractivity contribution >= 4 is 27.3 Å². The standard InChI is InChI=1S/C13H9BrO/c14-8-5-6-11-12(7-8)9-3-1-2-4-10(9)13(11)15/h2,4-7H,1,3H2. The average Bonchev–Trinajstić information content (AvgIpc) is 2.54. The zero-order valence-electron chi connectivity index (χ0n) is 8.09. The van der Waals surface area contributed by atoms with E-state index in [9.17, 15) is 4.79 Å². The fourth-order valence-corrected chi connectivity index (χ4v) is 2.63. The van der Waals surface area contributed by atoms with Crippen molar-refractivity contribution in [3.05, 3.63) is 51.5 Å². The van der Waals surface area contributed by atoms with Gasteiger partial charge in [0.15, 0.2) is 5.78 Å². The Morgan fingerprint density at radius 2 is 2.07 bits per heavy atom. The summed E-state index contributed by atoms with van der Waals surface area (Å²) < 4.78 is 1.04. The van der Waals surface area contributed by atoms with Crippen molar-refractivity contribution in [1.29, 1.82) is 0 Å². The van der Waals surface area contributed by atoms with Crippen LogP contribution in [0.2, 0.25) is 0 Å². The first kappa shape index (κ1) is 9.10. The molecule has 0 saturated carbocycles. The van der Waals surface area contributed by atoms with E-state index >= 15 is 0 Å². The minimum absolute atomic E-state index is 0.184. The molecule has 2 aliphatic carbocycles. The van der Waals surface area contributed by atoms with Gasteiger partial charge in [0.1, 0.15) is 0 Å². The summed E-state index contributed by atoms with van der Waals surface area (Å²) in [5.74, 6) is 0.184. The molecule has 0 atom stereocenters. The summed E-state index contributed by atoms with van der Waals surface area (Å²) in [5, 5.41) is 0. The van der Waals surface area contributed by atoms with Crippen LogP contribution in [0.4, 0.5) is 0 Å². The number of halogens is 1. The second kappa shape index (κ2) is 3.17. The fraction of sp³-hybridized carbons (Fsp3) is 0.154. The number of rotatable bonds is 0. The normalized spacial score (nSPS) is 18.1. The molecule has 2 heteroatoms. The Hall–Kier alpha value is -1.15. The summed E-state index contributed by atoms with van der Waals surface area (Å²) in [6, 6.07) is 5.89. The Labute approximate surface area is 96.6 Å². The maximum atomic E-state index is 12.0. The van der Waals surface area contributed by atoms with Crippen LogP contribution >= 0.6 is 15.9 Å². The summed E-state index contributed by atoms with van der Waals surface area (Å²) in [5.41, 5.74) is 4.09. The van der Waals surface area contributed by atoms with Gasteiger partial charge in [-0.25, -0.2) is 0 Å². The van der Waals surface area contributed by atoms with Crippen LogP contribution in [0.1, 0.15) is 28.8 Å². The number of fused-ring (bicyclic) bond motifs is 2. The molecular weight excluding hydrogens is 252 g/mol. The van der Waals surface area contributed by atoms with Gasteiger partial charge >= 0.3 is 0 Å². The van der Waals surface area contributed by atoms with Gasteiger partial charge in [0, 0.05) is 15.6 Å². The Balaban J connectivity index is 2.27. The summed E-state index contributed by atoms with van der Waals surface area (Å²) in [6.45, 7) is 0. The molecule has 0 heterocycles. The number of hydrogen-bond donors (Lipinski definition) is 0. The number of Topliss-reactive ketones (excluding diaryl/α,β-unsaturated/α-hetero) is 1. The highest BCUT2D eigenvalue weighted by atomic mass is 79.9. The highest BCUT2D eigenvalue weighted by Gasteiger charge is 2.28. The Bertz CT molecular complexity index is 523. The molecule has 0 bridgehead atoms. The van der Waals surface area contributed by atoms with E-state index < -0.39 is 0 Å². The first-order valence-corrected chi connectivity index (χ1v) is 5.81. The molecule has 0 aromatic heterocycles. The van der Waals surface area contributed by atoms with Crippen molar-refractivity contribution in [2.75, 3.05) is 0 Å². The number of carbonyl (C=O) groups is 1. The Kier molecular flexibility index (Phi) is 1.93. The van der Waals surface area contributed by atoms with Gasteiger partial charge in [-0.15, -0.1) is 0 Å². The zero-order valence-corrected chi connectivity index (χ0v) is 9.67. The lowest BCUT2D eigenvalue weighted by molar-refractivity contribution is 0.104. The first-order valence-electron chi connectivity index (χ1n) is 5.01. The molecule has 0 unspecified atom stereocenters. The number of ketones is 1. The highest BCUT2D eigenvalue weighted by molar-refractivity contribution is 9.10. The number of carbonyl (C=O) groups excluding carboxylic acids is 1. The van der Waals surface area contributed by atoms with Gasteiger partial charge < -0.3 is 0 Å². The van der Waals surface area contributed by atoms with Crippen LogP contribution in [0, 0.1) is 0 Å². The van der Waals surface area contributed by atoms with Gasteiger partial charge in [0.2, 0.25) is 0 Å². The molecule has 0 aliphatic heterocycles. The van der Waals surface area contributed by atoms with Crippen molar-refractivity contribution in [1.82, 2.24) is 0 Å². The van der Waals surface area contributed by atoms with E-state index in [1.165, 1.54) is 5.57 Å². The third kappa shape index (κ3) is 1.25. The van der Waals surface area contributed by atoms with E-state index in [1.807, 2.05) is 18.2 Å². The molecule has 0 amide bonds. The molecule has 0 N–H and O–H groups in total. The molecule has 1 aromatic rings. The maximum absolute atomic E-state index is 12.0. The molecule has 0 spiro atoms. The van der Waals surface area contributed by atoms with Crippen LogP contribution in [0.3, 0.4) is 0 Å². The number of allylic oxidation sites excluding steroid dienone is 4. The molecule has 0 fully saturated rings. The molecule has 1 aromatic carbocycles. The minimum atomic E-state index is 0.184. The molecule has 3 rings (SSSR count). The van der Waals surface area contributed by atoms with Crippen molar-refractivity contribution in [2.45, 2.75) is 12.8 Å². The monoisotopic (exact) mass is 260 g/mol. The Morgan fingerprint density at radius 1 is 1.20 bits per heavy atom. The lowest BCUT2D eigenvalue weighted by atomic mass is 9.97. The third-order valence-electron chi connectivity index (χ3n) is 2.97. The number of hydrogen-bond acceptors (Lipinski definition) is 1. The average molecular weight is 261 g/mol. The zero-order chi connectivity index (χ0) is 10.4. The van der Waals surface area contributed by atoms with Crippen LogP contribution < -0.4 is 0 Å². The topological polar surface area (TPSA) is 17.1 Å². The summed E-state index contributed by atoms with van der Waals surface area (Å²) in [6.07, 6.45) is 6.08. The molecule has 0 radical (unpaired) electrons.